The van der Waals surface area contributed by atoms with Gasteiger partial charge in [0.2, 0.25) is 10.0 Å². The second kappa shape index (κ2) is 9.60. The van der Waals surface area contributed by atoms with E-state index in [4.69, 9.17) is 4.74 Å². The van der Waals surface area contributed by atoms with Crippen molar-refractivity contribution in [2.75, 3.05) is 30.8 Å². The van der Waals surface area contributed by atoms with Crippen molar-refractivity contribution in [1.82, 2.24) is 9.29 Å². The Balaban J connectivity index is 1.88. The molecule has 1 aliphatic heterocycles. The quantitative estimate of drug-likeness (QED) is 0.637. The van der Waals surface area contributed by atoms with Gasteiger partial charge < -0.3 is 10.1 Å². The van der Waals surface area contributed by atoms with Crippen molar-refractivity contribution in [1.29, 1.82) is 0 Å². The molecule has 1 amide bonds. The zero-order valence-corrected chi connectivity index (χ0v) is 18.2. The number of aromatic nitrogens is 1. The number of rotatable bonds is 8. The number of nitrogens with one attached hydrogen (secondary N) is 1. The van der Waals surface area contributed by atoms with Gasteiger partial charge in [0.25, 0.3) is 5.91 Å². The molecule has 2 aromatic rings. The summed E-state index contributed by atoms with van der Waals surface area (Å²) >= 11 is 1.55. The Labute approximate surface area is 175 Å². The second-order valence-corrected chi connectivity index (χ2v) is 9.67. The summed E-state index contributed by atoms with van der Waals surface area (Å²) < 4.78 is 33.2. The molecule has 0 saturated carbocycles. The average Bonchev–Trinajstić information content (AvgIpc) is 3.25. The van der Waals surface area contributed by atoms with Crippen molar-refractivity contribution >= 4 is 33.4 Å². The molecule has 1 aliphatic rings. The van der Waals surface area contributed by atoms with E-state index in [2.05, 4.69) is 10.3 Å². The zero-order valence-electron chi connectivity index (χ0n) is 16.6. The van der Waals surface area contributed by atoms with E-state index < -0.39 is 10.0 Å². The summed E-state index contributed by atoms with van der Waals surface area (Å²) in [7, 11) is -3.68. The standard InChI is InChI=1S/C20H25N3O4S2/c1-3-27-17-8-7-16(14-18(17)29(25,26)23-11-5-6-12-23)22-20(24)15-9-10-21-19(13-15)28-4-2/h7-10,13-14H,3-6,11-12H2,1-2H3,(H,22,24). The number of pyridine rings is 1. The number of hydrogen-bond donors (Lipinski definition) is 1. The molecule has 156 valence electrons. The highest BCUT2D eigenvalue weighted by Gasteiger charge is 2.30. The summed E-state index contributed by atoms with van der Waals surface area (Å²) in [5.74, 6) is 0.830. The number of hydrogen-bond acceptors (Lipinski definition) is 6. The number of carbonyl (C=O) groups excluding carboxylic acids is 1. The third kappa shape index (κ3) is 5.09. The molecule has 0 radical (unpaired) electrons. The molecule has 0 spiro atoms. The molecule has 0 atom stereocenters. The third-order valence-electron chi connectivity index (χ3n) is 4.47. The number of sulfonamides is 1. The Bertz CT molecular complexity index is 973. The molecule has 1 fully saturated rings. The van der Waals surface area contributed by atoms with Crippen molar-refractivity contribution in [3.63, 3.8) is 0 Å². The molecule has 1 N–H and O–H groups in total. The molecular formula is C20H25N3O4S2. The summed E-state index contributed by atoms with van der Waals surface area (Å²) in [5, 5.41) is 3.55. The lowest BCUT2D eigenvalue weighted by atomic mass is 10.2. The van der Waals surface area contributed by atoms with Crippen LogP contribution in [0.5, 0.6) is 5.75 Å². The first-order chi connectivity index (χ1) is 14.0. The number of amides is 1. The smallest absolute Gasteiger partial charge is 0.255 e. The van der Waals surface area contributed by atoms with Gasteiger partial charge in [0, 0.05) is 30.5 Å². The maximum atomic E-state index is 13.1. The minimum Gasteiger partial charge on any atom is -0.492 e. The summed E-state index contributed by atoms with van der Waals surface area (Å²) in [4.78, 5) is 17.0. The zero-order chi connectivity index (χ0) is 20.9. The van der Waals surface area contributed by atoms with Crippen molar-refractivity contribution in [3.8, 4) is 5.75 Å². The Morgan fingerprint density at radius 1 is 1.21 bits per heavy atom. The van der Waals surface area contributed by atoms with E-state index in [-0.39, 0.29) is 10.8 Å². The van der Waals surface area contributed by atoms with Crippen LogP contribution in [0, 0.1) is 0 Å². The minimum absolute atomic E-state index is 0.0796. The Hall–Kier alpha value is -2.10. The molecule has 3 rings (SSSR count). The van der Waals surface area contributed by atoms with Gasteiger partial charge in [0.1, 0.15) is 10.6 Å². The molecule has 1 aromatic heterocycles. The van der Waals surface area contributed by atoms with Gasteiger partial charge in [-0.05, 0) is 55.9 Å². The molecule has 29 heavy (non-hydrogen) atoms. The van der Waals surface area contributed by atoms with Gasteiger partial charge in [-0.2, -0.15) is 4.31 Å². The maximum Gasteiger partial charge on any atom is 0.255 e. The Kier molecular flexibility index (Phi) is 7.15. The van der Waals surface area contributed by atoms with E-state index >= 15 is 0 Å². The molecule has 1 aromatic carbocycles. The van der Waals surface area contributed by atoms with Gasteiger partial charge in [-0.1, -0.05) is 6.92 Å². The number of benzene rings is 1. The van der Waals surface area contributed by atoms with E-state index in [1.54, 1.807) is 49.1 Å². The molecule has 2 heterocycles. The van der Waals surface area contributed by atoms with Gasteiger partial charge in [-0.15, -0.1) is 11.8 Å². The highest BCUT2D eigenvalue weighted by atomic mass is 32.2. The second-order valence-electron chi connectivity index (χ2n) is 6.48. The van der Waals surface area contributed by atoms with Crippen LogP contribution < -0.4 is 10.1 Å². The van der Waals surface area contributed by atoms with Crippen LogP contribution in [-0.4, -0.2) is 49.1 Å². The number of anilines is 1. The molecule has 0 aliphatic carbocycles. The van der Waals surface area contributed by atoms with Crippen LogP contribution in [0.15, 0.2) is 46.5 Å². The first-order valence-electron chi connectivity index (χ1n) is 9.63. The normalized spacial score (nSPS) is 14.7. The van der Waals surface area contributed by atoms with Crippen molar-refractivity contribution < 1.29 is 17.9 Å². The summed E-state index contributed by atoms with van der Waals surface area (Å²) in [6, 6.07) is 8.06. The van der Waals surface area contributed by atoms with E-state index in [0.717, 1.165) is 23.6 Å². The number of ether oxygens (including phenoxy) is 1. The highest BCUT2D eigenvalue weighted by molar-refractivity contribution is 7.99. The highest BCUT2D eigenvalue weighted by Crippen LogP contribution is 2.32. The van der Waals surface area contributed by atoms with Crippen molar-refractivity contribution in [3.05, 3.63) is 42.1 Å². The summed E-state index contributed by atoms with van der Waals surface area (Å²) in [6.07, 6.45) is 3.29. The van der Waals surface area contributed by atoms with Gasteiger partial charge in [0.15, 0.2) is 0 Å². The van der Waals surface area contributed by atoms with Crippen LogP contribution in [0.3, 0.4) is 0 Å². The number of thioether (sulfide) groups is 1. The topological polar surface area (TPSA) is 88.6 Å². The van der Waals surface area contributed by atoms with Crippen LogP contribution in [0.4, 0.5) is 5.69 Å². The lowest BCUT2D eigenvalue weighted by molar-refractivity contribution is 0.102. The fourth-order valence-corrected chi connectivity index (χ4v) is 5.43. The van der Waals surface area contributed by atoms with Gasteiger partial charge in [-0.3, -0.25) is 4.79 Å². The Morgan fingerprint density at radius 3 is 2.66 bits per heavy atom. The summed E-state index contributed by atoms with van der Waals surface area (Å²) in [6.45, 7) is 5.17. The molecule has 0 unspecified atom stereocenters. The first-order valence-corrected chi connectivity index (χ1v) is 12.1. The monoisotopic (exact) mass is 435 g/mol. The molecular weight excluding hydrogens is 410 g/mol. The largest absolute Gasteiger partial charge is 0.492 e. The molecule has 7 nitrogen and oxygen atoms in total. The van der Waals surface area contributed by atoms with Crippen LogP contribution in [-0.2, 0) is 10.0 Å². The van der Waals surface area contributed by atoms with Gasteiger partial charge >= 0.3 is 0 Å². The molecule has 0 bridgehead atoms. The first kappa shape index (κ1) is 21.6. The van der Waals surface area contributed by atoms with Crippen molar-refractivity contribution in [2.24, 2.45) is 0 Å². The number of carbonyl (C=O) groups is 1. The van der Waals surface area contributed by atoms with Crippen LogP contribution in [0.2, 0.25) is 0 Å². The van der Waals surface area contributed by atoms with E-state index in [0.29, 0.717) is 36.7 Å². The predicted molar refractivity (Wildman–Crippen MR) is 114 cm³/mol. The average molecular weight is 436 g/mol. The van der Waals surface area contributed by atoms with Crippen LogP contribution in [0.25, 0.3) is 0 Å². The molecule has 9 heteroatoms. The van der Waals surface area contributed by atoms with Crippen LogP contribution in [0.1, 0.15) is 37.0 Å². The Morgan fingerprint density at radius 2 is 1.97 bits per heavy atom. The van der Waals surface area contributed by atoms with Crippen molar-refractivity contribution in [2.45, 2.75) is 36.6 Å². The van der Waals surface area contributed by atoms with E-state index in [1.807, 2.05) is 6.92 Å². The minimum atomic E-state index is -3.68. The number of nitrogens with zero attached hydrogens (tertiary/aromatic N) is 2. The molecule has 1 saturated heterocycles. The lowest BCUT2D eigenvalue weighted by Crippen LogP contribution is -2.28. The fraction of sp³-hybridized carbons (Fsp3) is 0.400. The maximum absolute atomic E-state index is 13.1. The lowest BCUT2D eigenvalue weighted by Gasteiger charge is -2.19. The van der Waals surface area contributed by atoms with Gasteiger partial charge in [0.05, 0.1) is 11.6 Å². The van der Waals surface area contributed by atoms with E-state index in [1.165, 1.54) is 10.4 Å². The third-order valence-corrected chi connectivity index (χ3v) is 7.20. The van der Waals surface area contributed by atoms with E-state index in [9.17, 15) is 13.2 Å². The van der Waals surface area contributed by atoms with Gasteiger partial charge in [-0.25, -0.2) is 13.4 Å². The SMILES string of the molecule is CCOc1ccc(NC(=O)c2ccnc(SCC)c2)cc1S(=O)(=O)N1CCCC1. The predicted octanol–water partition coefficient (Wildman–Crippen LogP) is 3.63. The van der Waals surface area contributed by atoms with Crippen LogP contribution >= 0.6 is 11.8 Å². The summed E-state index contributed by atoms with van der Waals surface area (Å²) in [5.41, 5.74) is 0.867. The fourth-order valence-electron chi connectivity index (χ4n) is 3.11.